The highest BCUT2D eigenvalue weighted by atomic mass is 16.4. The minimum Gasteiger partial charge on any atom is -0.478 e. The van der Waals surface area contributed by atoms with Crippen LogP contribution in [0.25, 0.3) is 0 Å². The minimum absolute atomic E-state index is 0.0338. The van der Waals surface area contributed by atoms with Gasteiger partial charge in [-0.25, -0.2) is 4.79 Å². The third-order valence-electron chi connectivity index (χ3n) is 3.87. The van der Waals surface area contributed by atoms with Gasteiger partial charge in [0.05, 0.1) is 12.0 Å². The van der Waals surface area contributed by atoms with E-state index in [9.17, 15) is 9.59 Å². The summed E-state index contributed by atoms with van der Waals surface area (Å²) in [6.45, 7) is 4.61. The number of nitrogens with zero attached hydrogens (tertiary/aromatic N) is 1. The largest absolute Gasteiger partial charge is 0.478 e. The Bertz CT molecular complexity index is 737. The number of carboxylic acid groups (broad SMARTS) is 1. The van der Waals surface area contributed by atoms with Gasteiger partial charge in [-0.05, 0) is 42.7 Å². The maximum atomic E-state index is 12.4. The highest BCUT2D eigenvalue weighted by molar-refractivity contribution is 5.88. The van der Waals surface area contributed by atoms with Gasteiger partial charge in [0.2, 0.25) is 5.91 Å². The van der Waals surface area contributed by atoms with Gasteiger partial charge in [-0.3, -0.25) is 4.79 Å². The molecule has 1 amide bonds. The van der Waals surface area contributed by atoms with Crippen molar-refractivity contribution in [3.05, 3.63) is 70.3 Å². The van der Waals surface area contributed by atoms with Crippen molar-refractivity contribution in [2.75, 3.05) is 7.05 Å². The first-order valence-corrected chi connectivity index (χ1v) is 7.49. The molecule has 23 heavy (non-hydrogen) atoms. The van der Waals surface area contributed by atoms with Crippen molar-refractivity contribution in [3.8, 4) is 0 Å². The van der Waals surface area contributed by atoms with Gasteiger partial charge in [-0.1, -0.05) is 35.9 Å². The maximum absolute atomic E-state index is 12.4. The van der Waals surface area contributed by atoms with E-state index in [1.165, 1.54) is 11.6 Å². The van der Waals surface area contributed by atoms with Crippen molar-refractivity contribution in [1.82, 2.24) is 4.90 Å². The van der Waals surface area contributed by atoms with Crippen LogP contribution in [-0.2, 0) is 17.8 Å². The second-order valence-corrected chi connectivity index (χ2v) is 5.86. The van der Waals surface area contributed by atoms with Crippen molar-refractivity contribution in [1.29, 1.82) is 0 Å². The standard InChI is InChI=1S/C19H21NO3/c1-13-7-8-14(2)17(9-13)12-20(3)18(21)11-15-5-4-6-16(10-15)19(22)23/h4-10H,11-12H2,1-3H3,(H,22,23). The van der Waals surface area contributed by atoms with Crippen LogP contribution < -0.4 is 0 Å². The fraction of sp³-hybridized carbons (Fsp3) is 0.263. The third kappa shape index (κ3) is 4.42. The van der Waals surface area contributed by atoms with Crippen molar-refractivity contribution >= 4 is 11.9 Å². The van der Waals surface area contributed by atoms with Crippen molar-refractivity contribution < 1.29 is 14.7 Å². The Morgan fingerprint density at radius 1 is 1.09 bits per heavy atom. The highest BCUT2D eigenvalue weighted by Gasteiger charge is 2.13. The highest BCUT2D eigenvalue weighted by Crippen LogP contribution is 2.14. The molecular formula is C19H21NO3. The zero-order valence-corrected chi connectivity index (χ0v) is 13.7. The number of aromatic carboxylic acids is 1. The van der Waals surface area contributed by atoms with Crippen LogP contribution in [0, 0.1) is 13.8 Å². The van der Waals surface area contributed by atoms with Crippen LogP contribution in [0.3, 0.4) is 0 Å². The summed E-state index contributed by atoms with van der Waals surface area (Å²) in [6.07, 6.45) is 0.197. The van der Waals surface area contributed by atoms with Gasteiger partial charge < -0.3 is 10.0 Å². The van der Waals surface area contributed by atoms with E-state index in [2.05, 4.69) is 18.2 Å². The molecule has 0 saturated heterocycles. The lowest BCUT2D eigenvalue weighted by atomic mass is 10.0. The van der Waals surface area contributed by atoms with Crippen molar-refractivity contribution in [2.24, 2.45) is 0 Å². The monoisotopic (exact) mass is 311 g/mol. The summed E-state index contributed by atoms with van der Waals surface area (Å²) in [5, 5.41) is 9.01. The summed E-state index contributed by atoms with van der Waals surface area (Å²) in [4.78, 5) is 25.0. The average Bonchev–Trinajstić information content (AvgIpc) is 2.51. The maximum Gasteiger partial charge on any atom is 0.335 e. The molecule has 0 radical (unpaired) electrons. The number of hydrogen-bond donors (Lipinski definition) is 1. The van der Waals surface area contributed by atoms with E-state index in [1.54, 1.807) is 30.1 Å². The Kier molecular flexibility index (Phi) is 5.16. The molecule has 2 rings (SSSR count). The average molecular weight is 311 g/mol. The lowest BCUT2D eigenvalue weighted by Gasteiger charge is -2.19. The lowest BCUT2D eigenvalue weighted by molar-refractivity contribution is -0.129. The molecule has 0 heterocycles. The normalized spacial score (nSPS) is 10.4. The van der Waals surface area contributed by atoms with Crippen LogP contribution >= 0.6 is 0 Å². The number of carbonyl (C=O) groups excluding carboxylic acids is 1. The molecule has 0 fully saturated rings. The number of aryl methyl sites for hydroxylation is 2. The predicted octanol–water partition coefficient (Wildman–Crippen LogP) is 3.20. The number of amides is 1. The zero-order valence-electron chi connectivity index (χ0n) is 13.7. The van der Waals surface area contributed by atoms with Crippen LogP contribution in [-0.4, -0.2) is 28.9 Å². The molecule has 0 aliphatic carbocycles. The fourth-order valence-corrected chi connectivity index (χ4v) is 2.44. The Hall–Kier alpha value is -2.62. The quantitative estimate of drug-likeness (QED) is 0.922. The van der Waals surface area contributed by atoms with E-state index in [0.29, 0.717) is 12.1 Å². The first kappa shape index (κ1) is 16.7. The van der Waals surface area contributed by atoms with Crippen LogP contribution in [0.5, 0.6) is 0 Å². The molecule has 0 aromatic heterocycles. The first-order chi connectivity index (χ1) is 10.9. The molecule has 0 bridgehead atoms. The summed E-state index contributed by atoms with van der Waals surface area (Å²) in [5.74, 6) is -1.02. The minimum atomic E-state index is -0.983. The Morgan fingerprint density at radius 3 is 2.52 bits per heavy atom. The van der Waals surface area contributed by atoms with Crippen molar-refractivity contribution in [3.63, 3.8) is 0 Å². The summed E-state index contributed by atoms with van der Waals surface area (Å²) >= 11 is 0. The summed E-state index contributed by atoms with van der Waals surface area (Å²) in [5.41, 5.74) is 4.36. The van der Waals surface area contributed by atoms with Gasteiger partial charge in [0.15, 0.2) is 0 Å². The van der Waals surface area contributed by atoms with Crippen LogP contribution in [0.1, 0.15) is 32.6 Å². The molecule has 2 aromatic rings. The van der Waals surface area contributed by atoms with E-state index in [0.717, 1.165) is 11.1 Å². The van der Waals surface area contributed by atoms with Crippen molar-refractivity contribution in [2.45, 2.75) is 26.8 Å². The molecule has 0 atom stereocenters. The molecule has 0 aliphatic rings. The predicted molar refractivity (Wildman–Crippen MR) is 89.5 cm³/mol. The van der Waals surface area contributed by atoms with Gasteiger partial charge >= 0.3 is 5.97 Å². The Morgan fingerprint density at radius 2 is 1.83 bits per heavy atom. The van der Waals surface area contributed by atoms with Crippen LogP contribution in [0.15, 0.2) is 42.5 Å². The number of likely N-dealkylation sites (N-methyl/N-ethyl adjacent to an activating group) is 1. The van der Waals surface area contributed by atoms with E-state index >= 15 is 0 Å². The molecule has 0 unspecified atom stereocenters. The van der Waals surface area contributed by atoms with Gasteiger partial charge in [0.1, 0.15) is 0 Å². The fourth-order valence-electron chi connectivity index (χ4n) is 2.44. The zero-order chi connectivity index (χ0) is 17.0. The smallest absolute Gasteiger partial charge is 0.335 e. The number of carbonyl (C=O) groups is 2. The molecule has 0 aliphatic heterocycles. The Labute approximate surface area is 136 Å². The molecule has 0 saturated carbocycles. The molecular weight excluding hydrogens is 290 g/mol. The SMILES string of the molecule is Cc1ccc(C)c(CN(C)C(=O)Cc2cccc(C(=O)O)c2)c1. The summed E-state index contributed by atoms with van der Waals surface area (Å²) < 4.78 is 0. The lowest BCUT2D eigenvalue weighted by Crippen LogP contribution is -2.28. The topological polar surface area (TPSA) is 57.6 Å². The third-order valence-corrected chi connectivity index (χ3v) is 3.87. The second-order valence-electron chi connectivity index (χ2n) is 5.86. The molecule has 1 N–H and O–H groups in total. The first-order valence-electron chi connectivity index (χ1n) is 7.49. The van der Waals surface area contributed by atoms with Gasteiger partial charge in [-0.2, -0.15) is 0 Å². The van der Waals surface area contributed by atoms with E-state index < -0.39 is 5.97 Å². The number of rotatable bonds is 5. The van der Waals surface area contributed by atoms with E-state index in [1.807, 2.05) is 13.8 Å². The summed E-state index contributed by atoms with van der Waals surface area (Å²) in [7, 11) is 1.77. The van der Waals surface area contributed by atoms with E-state index in [-0.39, 0.29) is 17.9 Å². The molecule has 0 spiro atoms. The second kappa shape index (κ2) is 7.09. The van der Waals surface area contributed by atoms with Gasteiger partial charge in [-0.15, -0.1) is 0 Å². The number of benzene rings is 2. The van der Waals surface area contributed by atoms with Gasteiger partial charge in [0.25, 0.3) is 0 Å². The summed E-state index contributed by atoms with van der Waals surface area (Å²) in [6, 6.07) is 12.7. The van der Waals surface area contributed by atoms with Crippen LogP contribution in [0.4, 0.5) is 0 Å². The Balaban J connectivity index is 2.07. The molecule has 4 nitrogen and oxygen atoms in total. The number of carboxylic acids is 1. The molecule has 2 aromatic carbocycles. The molecule has 4 heteroatoms. The van der Waals surface area contributed by atoms with E-state index in [4.69, 9.17) is 5.11 Å². The van der Waals surface area contributed by atoms with Crippen LogP contribution in [0.2, 0.25) is 0 Å². The molecule has 120 valence electrons. The van der Waals surface area contributed by atoms with Gasteiger partial charge in [0, 0.05) is 13.6 Å². The number of hydrogen-bond acceptors (Lipinski definition) is 2.